The summed E-state index contributed by atoms with van der Waals surface area (Å²) >= 11 is 7.80. The Hall–Kier alpha value is -3.36. The summed E-state index contributed by atoms with van der Waals surface area (Å²) in [7, 11) is 1.53. The van der Waals surface area contributed by atoms with Gasteiger partial charge in [0.15, 0.2) is 0 Å². The van der Waals surface area contributed by atoms with Crippen molar-refractivity contribution in [2.45, 2.75) is 38.8 Å². The van der Waals surface area contributed by atoms with Gasteiger partial charge in [0.2, 0.25) is 11.8 Å². The average molecular weight is 528 g/mol. The van der Waals surface area contributed by atoms with Crippen LogP contribution in [0.4, 0.5) is 5.69 Å². The minimum atomic E-state index is -1.07. The van der Waals surface area contributed by atoms with Crippen LogP contribution in [0, 0.1) is 0 Å². The zero-order chi connectivity index (χ0) is 26.3. The summed E-state index contributed by atoms with van der Waals surface area (Å²) < 4.78 is 5.38. The lowest BCUT2D eigenvalue weighted by Crippen LogP contribution is -2.52. The van der Waals surface area contributed by atoms with E-state index in [1.165, 1.54) is 23.3 Å². The summed E-state index contributed by atoms with van der Waals surface area (Å²) in [5.41, 5.74) is 0.375. The van der Waals surface area contributed by atoms with E-state index in [1.807, 2.05) is 20.8 Å². The zero-order valence-corrected chi connectivity index (χ0v) is 22.3. The van der Waals surface area contributed by atoms with Crippen molar-refractivity contribution in [1.29, 1.82) is 0 Å². The minimum Gasteiger partial charge on any atom is -0.497 e. The Morgan fingerprint density at radius 3 is 2.47 bits per heavy atom. The second-order valence-corrected chi connectivity index (χ2v) is 10.1. The SMILES string of the molecule is CCC(C)(C)NC(=O)C(c1cccc(OC)c1)N(C(=O)CNC(=O)c1cccs1)c1ccccc1Cl. The van der Waals surface area contributed by atoms with Gasteiger partial charge < -0.3 is 15.4 Å². The second-order valence-electron chi connectivity index (χ2n) is 8.78. The van der Waals surface area contributed by atoms with Crippen LogP contribution in [0.2, 0.25) is 5.02 Å². The third kappa shape index (κ3) is 6.65. The molecule has 3 aromatic rings. The van der Waals surface area contributed by atoms with Crippen molar-refractivity contribution in [3.05, 3.63) is 81.5 Å². The third-order valence-corrected chi connectivity index (χ3v) is 6.98. The molecule has 1 unspecified atom stereocenters. The number of amides is 3. The summed E-state index contributed by atoms with van der Waals surface area (Å²) in [6.45, 7) is 5.47. The van der Waals surface area contributed by atoms with E-state index in [-0.39, 0.29) is 18.4 Å². The molecule has 1 aromatic heterocycles. The van der Waals surface area contributed by atoms with Crippen molar-refractivity contribution in [3.63, 3.8) is 0 Å². The fourth-order valence-electron chi connectivity index (χ4n) is 3.52. The van der Waals surface area contributed by atoms with Crippen LogP contribution in [-0.4, -0.2) is 36.9 Å². The second kappa shape index (κ2) is 12.1. The molecule has 0 bridgehead atoms. The van der Waals surface area contributed by atoms with E-state index in [1.54, 1.807) is 66.0 Å². The predicted molar refractivity (Wildman–Crippen MR) is 144 cm³/mol. The van der Waals surface area contributed by atoms with Gasteiger partial charge in [-0.25, -0.2) is 0 Å². The van der Waals surface area contributed by atoms with Crippen molar-refractivity contribution in [1.82, 2.24) is 10.6 Å². The Labute approximate surface area is 220 Å². The molecule has 0 saturated carbocycles. The van der Waals surface area contributed by atoms with Gasteiger partial charge in [-0.3, -0.25) is 19.3 Å². The Morgan fingerprint density at radius 1 is 1.08 bits per heavy atom. The molecule has 0 fully saturated rings. The molecule has 1 atom stereocenters. The van der Waals surface area contributed by atoms with E-state index >= 15 is 0 Å². The number of hydrogen-bond donors (Lipinski definition) is 2. The summed E-state index contributed by atoms with van der Waals surface area (Å²) in [6.07, 6.45) is 0.681. The number of thiophene rings is 1. The van der Waals surface area contributed by atoms with Crippen LogP contribution in [0.15, 0.2) is 66.0 Å². The Kier molecular flexibility index (Phi) is 9.12. The lowest BCUT2D eigenvalue weighted by atomic mass is 9.98. The third-order valence-electron chi connectivity index (χ3n) is 5.79. The number of rotatable bonds is 10. The maximum atomic E-state index is 13.8. The Bertz CT molecular complexity index is 1210. The molecule has 2 aromatic carbocycles. The average Bonchev–Trinajstić information content (AvgIpc) is 3.41. The highest BCUT2D eigenvalue weighted by Crippen LogP contribution is 2.34. The van der Waals surface area contributed by atoms with Crippen LogP contribution in [0.5, 0.6) is 5.75 Å². The number of benzene rings is 2. The van der Waals surface area contributed by atoms with Gasteiger partial charge in [0.25, 0.3) is 5.91 Å². The molecule has 9 heteroatoms. The first-order valence-electron chi connectivity index (χ1n) is 11.5. The highest BCUT2D eigenvalue weighted by molar-refractivity contribution is 7.12. The smallest absolute Gasteiger partial charge is 0.261 e. The topological polar surface area (TPSA) is 87.7 Å². The highest BCUT2D eigenvalue weighted by Gasteiger charge is 2.36. The summed E-state index contributed by atoms with van der Waals surface area (Å²) in [5.74, 6) is -0.706. The largest absolute Gasteiger partial charge is 0.497 e. The van der Waals surface area contributed by atoms with Crippen LogP contribution in [0.3, 0.4) is 0 Å². The molecule has 0 radical (unpaired) electrons. The number of ether oxygens (including phenoxy) is 1. The highest BCUT2D eigenvalue weighted by atomic mass is 35.5. The van der Waals surface area contributed by atoms with Crippen LogP contribution < -0.4 is 20.3 Å². The van der Waals surface area contributed by atoms with Gasteiger partial charge >= 0.3 is 0 Å². The number of methoxy groups -OCH3 is 1. The maximum Gasteiger partial charge on any atom is 0.261 e. The quantitative estimate of drug-likeness (QED) is 0.378. The lowest BCUT2D eigenvalue weighted by molar-refractivity contribution is -0.127. The van der Waals surface area contributed by atoms with Crippen LogP contribution >= 0.6 is 22.9 Å². The van der Waals surface area contributed by atoms with Crippen LogP contribution in [-0.2, 0) is 9.59 Å². The fourth-order valence-corrected chi connectivity index (χ4v) is 4.39. The fraction of sp³-hybridized carbons (Fsp3) is 0.296. The first-order valence-corrected chi connectivity index (χ1v) is 12.8. The number of nitrogens with one attached hydrogen (secondary N) is 2. The van der Waals surface area contributed by atoms with Gasteiger partial charge in [0.1, 0.15) is 11.8 Å². The minimum absolute atomic E-state index is 0.297. The van der Waals surface area contributed by atoms with Gasteiger partial charge in [0.05, 0.1) is 29.2 Å². The maximum absolute atomic E-state index is 13.8. The van der Waals surface area contributed by atoms with E-state index in [0.29, 0.717) is 33.3 Å². The Balaban J connectivity index is 2.07. The summed E-state index contributed by atoms with van der Waals surface area (Å²) in [4.78, 5) is 41.9. The molecule has 0 aliphatic carbocycles. The molecule has 190 valence electrons. The molecule has 36 heavy (non-hydrogen) atoms. The zero-order valence-electron chi connectivity index (χ0n) is 20.7. The number of carbonyl (C=O) groups is 3. The van der Waals surface area contributed by atoms with E-state index in [2.05, 4.69) is 10.6 Å². The normalized spacial score (nSPS) is 11.9. The van der Waals surface area contributed by atoms with Gasteiger partial charge in [0, 0.05) is 5.54 Å². The first kappa shape index (κ1) is 27.2. The van der Waals surface area contributed by atoms with Crippen molar-refractivity contribution >= 4 is 46.3 Å². The molecule has 0 aliphatic heterocycles. The molecule has 3 rings (SSSR count). The number of halogens is 1. The molecule has 0 saturated heterocycles. The number of para-hydroxylation sites is 1. The van der Waals surface area contributed by atoms with Crippen molar-refractivity contribution < 1.29 is 19.1 Å². The van der Waals surface area contributed by atoms with Crippen molar-refractivity contribution in [2.75, 3.05) is 18.6 Å². The van der Waals surface area contributed by atoms with Crippen molar-refractivity contribution in [2.24, 2.45) is 0 Å². The van der Waals surface area contributed by atoms with E-state index in [4.69, 9.17) is 16.3 Å². The molecule has 0 spiro atoms. The number of anilines is 1. The number of hydrogen-bond acceptors (Lipinski definition) is 5. The lowest BCUT2D eigenvalue weighted by Gasteiger charge is -2.35. The summed E-state index contributed by atoms with van der Waals surface area (Å²) in [5, 5.41) is 7.79. The predicted octanol–water partition coefficient (Wildman–Crippen LogP) is 5.22. The number of nitrogens with zero attached hydrogens (tertiary/aromatic N) is 1. The molecule has 2 N–H and O–H groups in total. The van der Waals surface area contributed by atoms with E-state index in [9.17, 15) is 14.4 Å². The monoisotopic (exact) mass is 527 g/mol. The van der Waals surface area contributed by atoms with E-state index < -0.39 is 17.5 Å². The van der Waals surface area contributed by atoms with E-state index in [0.717, 1.165) is 0 Å². The standard InChI is InChI=1S/C27H30ClN3O4S/c1-5-27(2,3)30-26(34)24(18-10-8-11-19(16-18)35-4)31(21-13-7-6-12-20(21)28)23(32)17-29-25(33)22-14-9-15-36-22/h6-16,24H,5,17H2,1-4H3,(H,29,33)(H,30,34). The molecular formula is C27H30ClN3O4S. The summed E-state index contributed by atoms with van der Waals surface area (Å²) in [6, 6.07) is 16.2. The first-order chi connectivity index (χ1) is 17.2. The van der Waals surface area contributed by atoms with Crippen LogP contribution in [0.1, 0.15) is 48.5 Å². The number of carbonyl (C=O) groups excluding carboxylic acids is 3. The van der Waals surface area contributed by atoms with Crippen LogP contribution in [0.25, 0.3) is 0 Å². The molecule has 7 nitrogen and oxygen atoms in total. The van der Waals surface area contributed by atoms with Gasteiger partial charge in [-0.15, -0.1) is 11.3 Å². The van der Waals surface area contributed by atoms with Gasteiger partial charge in [-0.05, 0) is 61.5 Å². The van der Waals surface area contributed by atoms with Crippen molar-refractivity contribution in [3.8, 4) is 5.75 Å². The molecule has 1 heterocycles. The van der Waals surface area contributed by atoms with Gasteiger partial charge in [-0.2, -0.15) is 0 Å². The molecular weight excluding hydrogens is 498 g/mol. The van der Waals surface area contributed by atoms with Gasteiger partial charge in [-0.1, -0.05) is 48.9 Å². The Morgan fingerprint density at radius 2 is 1.83 bits per heavy atom. The molecule has 3 amide bonds. The molecule has 0 aliphatic rings.